The van der Waals surface area contributed by atoms with Gasteiger partial charge in [0, 0.05) is 17.5 Å². The predicted octanol–water partition coefficient (Wildman–Crippen LogP) is 5.82. The fourth-order valence-electron chi connectivity index (χ4n) is 5.25. The largest absolute Gasteiger partial charge is 0.352 e. The van der Waals surface area contributed by atoms with Gasteiger partial charge in [-0.2, -0.15) is 0 Å². The molecule has 2 amide bonds. The second-order valence-corrected chi connectivity index (χ2v) is 13.6. The molecule has 0 spiro atoms. The van der Waals surface area contributed by atoms with Gasteiger partial charge < -0.3 is 10.2 Å². The standard InChI is InChI=1S/C33H41N3O4S2/c1-25-14-16-29(17-15-25)36(42(39,40)31-20-18-30(41-3)19-21-31)24-32(37)35(23-22-27-10-6-4-7-11-27)26(2)33(38)34-28-12-8-5-9-13-28/h4,6-7,10-11,14-21,26,28H,5,8-9,12-13,22-24H2,1-3H3,(H,34,38). The Kier molecular flexibility index (Phi) is 11.1. The summed E-state index contributed by atoms with van der Waals surface area (Å²) in [5, 5.41) is 3.14. The third-order valence-electron chi connectivity index (χ3n) is 7.85. The fraction of sp³-hybridized carbons (Fsp3) is 0.394. The maximum Gasteiger partial charge on any atom is 0.264 e. The lowest BCUT2D eigenvalue weighted by molar-refractivity contribution is -0.139. The number of anilines is 1. The summed E-state index contributed by atoms with van der Waals surface area (Å²) in [6, 6.07) is 22.9. The number of carbonyl (C=O) groups excluding carboxylic acids is 2. The van der Waals surface area contributed by atoms with Crippen molar-refractivity contribution in [1.82, 2.24) is 10.2 Å². The van der Waals surface area contributed by atoms with E-state index in [9.17, 15) is 18.0 Å². The third kappa shape index (κ3) is 8.16. The highest BCUT2D eigenvalue weighted by Crippen LogP contribution is 2.26. The summed E-state index contributed by atoms with van der Waals surface area (Å²) in [5.74, 6) is -0.636. The highest BCUT2D eigenvalue weighted by Gasteiger charge is 2.33. The highest BCUT2D eigenvalue weighted by molar-refractivity contribution is 7.98. The number of thioether (sulfide) groups is 1. The molecular formula is C33H41N3O4S2. The molecule has 7 nitrogen and oxygen atoms in total. The summed E-state index contributed by atoms with van der Waals surface area (Å²) in [6.45, 7) is 3.51. The SMILES string of the molecule is CSc1ccc(S(=O)(=O)N(CC(=O)N(CCc2ccccc2)C(C)C(=O)NC2CCCCC2)c2ccc(C)cc2)cc1. The molecule has 0 heterocycles. The van der Waals surface area contributed by atoms with Gasteiger partial charge in [-0.1, -0.05) is 67.3 Å². The first-order chi connectivity index (χ1) is 20.2. The van der Waals surface area contributed by atoms with Gasteiger partial charge in [0.15, 0.2) is 0 Å². The second-order valence-electron chi connectivity index (χ2n) is 10.9. The number of aryl methyl sites for hydroxylation is 1. The molecule has 42 heavy (non-hydrogen) atoms. The highest BCUT2D eigenvalue weighted by atomic mass is 32.2. The van der Waals surface area contributed by atoms with Crippen molar-refractivity contribution in [2.24, 2.45) is 0 Å². The van der Waals surface area contributed by atoms with Crippen LogP contribution in [-0.2, 0) is 26.0 Å². The monoisotopic (exact) mass is 607 g/mol. The first-order valence-corrected chi connectivity index (χ1v) is 17.2. The van der Waals surface area contributed by atoms with E-state index in [1.165, 1.54) is 23.1 Å². The Hall–Kier alpha value is -3.30. The summed E-state index contributed by atoms with van der Waals surface area (Å²) in [7, 11) is -4.08. The van der Waals surface area contributed by atoms with E-state index in [4.69, 9.17) is 0 Å². The van der Waals surface area contributed by atoms with E-state index in [0.717, 1.165) is 46.0 Å². The molecule has 1 N–H and O–H groups in total. The first kappa shape index (κ1) is 31.6. The zero-order valence-corrected chi connectivity index (χ0v) is 26.3. The normalized spacial score (nSPS) is 14.6. The minimum atomic E-state index is -4.08. The van der Waals surface area contributed by atoms with Gasteiger partial charge in [-0.25, -0.2) is 8.42 Å². The molecule has 1 saturated carbocycles. The maximum atomic E-state index is 14.1. The van der Waals surface area contributed by atoms with Crippen molar-refractivity contribution in [3.63, 3.8) is 0 Å². The van der Waals surface area contributed by atoms with Crippen LogP contribution in [0.2, 0.25) is 0 Å². The average Bonchev–Trinajstić information content (AvgIpc) is 3.01. The molecule has 1 aliphatic rings. The van der Waals surface area contributed by atoms with Crippen LogP contribution in [0.25, 0.3) is 0 Å². The Morgan fingerprint density at radius 3 is 2.19 bits per heavy atom. The number of hydrogen-bond acceptors (Lipinski definition) is 5. The molecule has 1 aliphatic carbocycles. The molecule has 4 rings (SSSR count). The smallest absolute Gasteiger partial charge is 0.264 e. The fourth-order valence-corrected chi connectivity index (χ4v) is 7.08. The van der Waals surface area contributed by atoms with E-state index < -0.39 is 28.5 Å². The van der Waals surface area contributed by atoms with Gasteiger partial charge >= 0.3 is 0 Å². The van der Waals surface area contributed by atoms with Gasteiger partial charge in [-0.15, -0.1) is 11.8 Å². The number of nitrogens with zero attached hydrogens (tertiary/aromatic N) is 2. The zero-order chi connectivity index (χ0) is 30.1. The molecule has 1 fully saturated rings. The van der Waals surface area contributed by atoms with Gasteiger partial charge in [-0.05, 0) is 81.3 Å². The van der Waals surface area contributed by atoms with Gasteiger partial charge in [0.2, 0.25) is 11.8 Å². The van der Waals surface area contributed by atoms with Crippen LogP contribution in [0.3, 0.4) is 0 Å². The minimum absolute atomic E-state index is 0.104. The Morgan fingerprint density at radius 1 is 0.929 bits per heavy atom. The first-order valence-electron chi connectivity index (χ1n) is 14.6. The van der Waals surface area contributed by atoms with Crippen LogP contribution < -0.4 is 9.62 Å². The number of rotatable bonds is 12. The van der Waals surface area contributed by atoms with Gasteiger partial charge in [0.1, 0.15) is 12.6 Å². The zero-order valence-electron chi connectivity index (χ0n) is 24.7. The van der Waals surface area contributed by atoms with Crippen LogP contribution in [-0.4, -0.2) is 56.6 Å². The van der Waals surface area contributed by atoms with Crippen LogP contribution in [0, 0.1) is 6.92 Å². The molecule has 0 aromatic heterocycles. The van der Waals surface area contributed by atoms with Crippen molar-refractivity contribution in [3.8, 4) is 0 Å². The van der Waals surface area contributed by atoms with Crippen molar-refractivity contribution in [2.45, 2.75) is 74.2 Å². The van der Waals surface area contributed by atoms with Crippen LogP contribution in [0.5, 0.6) is 0 Å². The van der Waals surface area contributed by atoms with E-state index in [-0.39, 0.29) is 23.4 Å². The molecule has 0 saturated heterocycles. The number of amides is 2. The lowest BCUT2D eigenvalue weighted by Crippen LogP contribution is -2.53. The number of nitrogens with one attached hydrogen (secondary N) is 1. The summed E-state index contributed by atoms with van der Waals surface area (Å²) in [5.41, 5.74) is 2.40. The van der Waals surface area contributed by atoms with E-state index in [0.29, 0.717) is 12.1 Å². The topological polar surface area (TPSA) is 86.8 Å². The Balaban J connectivity index is 1.63. The van der Waals surface area contributed by atoms with Crippen molar-refractivity contribution in [1.29, 1.82) is 0 Å². The number of benzene rings is 3. The summed E-state index contributed by atoms with van der Waals surface area (Å²) in [4.78, 5) is 30.0. The number of hydrogen-bond donors (Lipinski definition) is 1. The maximum absolute atomic E-state index is 14.1. The van der Waals surface area contributed by atoms with Gasteiger partial charge in [0.25, 0.3) is 10.0 Å². The van der Waals surface area contributed by atoms with Crippen LogP contribution in [0.1, 0.15) is 50.2 Å². The van der Waals surface area contributed by atoms with Gasteiger partial charge in [-0.3, -0.25) is 13.9 Å². The summed E-state index contributed by atoms with van der Waals surface area (Å²) >= 11 is 1.52. The Labute approximate surface area is 254 Å². The number of sulfonamides is 1. The van der Waals surface area contributed by atoms with Crippen LogP contribution in [0.4, 0.5) is 5.69 Å². The van der Waals surface area contributed by atoms with Crippen molar-refractivity contribution >= 4 is 39.3 Å². The van der Waals surface area contributed by atoms with Crippen LogP contribution >= 0.6 is 11.8 Å². The summed E-state index contributed by atoms with van der Waals surface area (Å²) in [6.07, 6.45) is 7.68. The van der Waals surface area contributed by atoms with Crippen molar-refractivity contribution in [3.05, 3.63) is 90.0 Å². The summed E-state index contributed by atoms with van der Waals surface area (Å²) < 4.78 is 29.1. The lowest BCUT2D eigenvalue weighted by atomic mass is 9.95. The molecule has 1 unspecified atom stereocenters. The lowest BCUT2D eigenvalue weighted by Gasteiger charge is -2.33. The molecule has 0 bridgehead atoms. The molecule has 1 atom stereocenters. The van der Waals surface area contributed by atoms with Crippen LogP contribution in [0.15, 0.2) is 88.7 Å². The molecule has 9 heteroatoms. The van der Waals surface area contributed by atoms with Gasteiger partial charge in [0.05, 0.1) is 10.6 Å². The molecule has 3 aromatic rings. The minimum Gasteiger partial charge on any atom is -0.352 e. The van der Waals surface area contributed by atoms with E-state index in [1.54, 1.807) is 43.3 Å². The van der Waals surface area contributed by atoms with E-state index in [1.807, 2.05) is 55.6 Å². The van der Waals surface area contributed by atoms with Crippen molar-refractivity contribution < 1.29 is 18.0 Å². The molecule has 0 radical (unpaired) electrons. The molecule has 224 valence electrons. The van der Waals surface area contributed by atoms with Crippen molar-refractivity contribution in [2.75, 3.05) is 23.7 Å². The molecule has 0 aliphatic heterocycles. The van der Waals surface area contributed by atoms with E-state index in [2.05, 4.69) is 5.32 Å². The average molecular weight is 608 g/mol. The number of carbonyl (C=O) groups is 2. The second kappa shape index (κ2) is 14.7. The quantitative estimate of drug-likeness (QED) is 0.262. The molecule has 3 aromatic carbocycles. The third-order valence-corrected chi connectivity index (χ3v) is 10.4. The van der Waals surface area contributed by atoms with E-state index >= 15 is 0 Å². The Morgan fingerprint density at radius 2 is 1.57 bits per heavy atom. The predicted molar refractivity (Wildman–Crippen MR) is 170 cm³/mol. The Bertz CT molecular complexity index is 1420. The molecular weight excluding hydrogens is 567 g/mol.